The van der Waals surface area contributed by atoms with Gasteiger partial charge in [-0.1, -0.05) is 48.5 Å². The minimum absolute atomic E-state index is 0.172. The number of ether oxygens (including phenoxy) is 1. The quantitative estimate of drug-likeness (QED) is 0.609. The number of nitrogens with one attached hydrogen (secondary N) is 2. The summed E-state index contributed by atoms with van der Waals surface area (Å²) >= 11 is 0. The Balaban J connectivity index is 1.79. The predicted molar refractivity (Wildman–Crippen MR) is 120 cm³/mol. The zero-order valence-corrected chi connectivity index (χ0v) is 18.0. The Bertz CT molecular complexity index is 1040. The Morgan fingerprint density at radius 1 is 0.871 bits per heavy atom. The number of carbonyl (C=O) groups is 2. The van der Waals surface area contributed by atoms with Crippen molar-refractivity contribution < 1.29 is 14.3 Å². The van der Waals surface area contributed by atoms with Gasteiger partial charge in [0.25, 0.3) is 5.91 Å². The van der Waals surface area contributed by atoms with Crippen LogP contribution in [0.15, 0.2) is 73.1 Å². The number of hydrogen-bond donors (Lipinski definition) is 2. The normalized spacial score (nSPS) is 10.9. The van der Waals surface area contributed by atoms with Crippen LogP contribution in [0, 0.1) is 0 Å². The molecule has 0 unspecified atom stereocenters. The van der Waals surface area contributed by atoms with E-state index in [1.54, 1.807) is 18.5 Å². The fourth-order valence-corrected chi connectivity index (χ4v) is 3.12. The van der Waals surface area contributed by atoms with E-state index in [1.807, 2.05) is 75.4 Å². The summed E-state index contributed by atoms with van der Waals surface area (Å²) in [6, 6.07) is 18.9. The van der Waals surface area contributed by atoms with Crippen molar-refractivity contribution in [1.29, 1.82) is 0 Å². The van der Waals surface area contributed by atoms with E-state index in [-0.39, 0.29) is 12.5 Å². The molecule has 0 spiro atoms. The van der Waals surface area contributed by atoms with Gasteiger partial charge in [0.1, 0.15) is 5.60 Å². The predicted octanol–water partition coefficient (Wildman–Crippen LogP) is 4.70. The van der Waals surface area contributed by atoms with Crippen LogP contribution in [-0.4, -0.2) is 22.6 Å². The molecular formula is C25H27N3O3. The lowest BCUT2D eigenvalue weighted by Crippen LogP contribution is -2.32. The summed E-state index contributed by atoms with van der Waals surface area (Å²) in [5, 5.41) is 5.74. The number of nitrogens with zero attached hydrogens (tertiary/aromatic N) is 1. The Hall–Kier alpha value is -3.67. The maximum absolute atomic E-state index is 12.9. The number of pyridine rings is 1. The highest BCUT2D eigenvalue weighted by molar-refractivity contribution is 6.01. The average molecular weight is 418 g/mol. The zero-order valence-electron chi connectivity index (χ0n) is 18.0. The molecule has 2 amide bonds. The van der Waals surface area contributed by atoms with Gasteiger partial charge < -0.3 is 15.4 Å². The van der Waals surface area contributed by atoms with Gasteiger partial charge >= 0.3 is 6.09 Å². The van der Waals surface area contributed by atoms with Crippen molar-refractivity contribution in [3.05, 3.63) is 89.7 Å². The maximum atomic E-state index is 12.9. The summed E-state index contributed by atoms with van der Waals surface area (Å²) in [6.45, 7) is 6.14. The van der Waals surface area contributed by atoms with E-state index < -0.39 is 11.7 Å². The van der Waals surface area contributed by atoms with Gasteiger partial charge in [0.05, 0.1) is 0 Å². The molecule has 1 heterocycles. The summed E-state index contributed by atoms with van der Waals surface area (Å²) in [6.07, 6.45) is 2.94. The number of carbonyl (C=O) groups excluding carboxylic acids is 2. The van der Waals surface area contributed by atoms with Gasteiger partial charge in [-0.05, 0) is 55.2 Å². The lowest BCUT2D eigenvalue weighted by atomic mass is 9.95. The fraction of sp³-hybridized carbons (Fsp3) is 0.240. The minimum Gasteiger partial charge on any atom is -0.444 e. The van der Waals surface area contributed by atoms with E-state index in [2.05, 4.69) is 15.6 Å². The van der Waals surface area contributed by atoms with Crippen molar-refractivity contribution in [2.24, 2.45) is 0 Å². The van der Waals surface area contributed by atoms with E-state index in [9.17, 15) is 9.59 Å². The minimum atomic E-state index is -0.567. The van der Waals surface area contributed by atoms with Gasteiger partial charge in [0.15, 0.2) is 0 Å². The monoisotopic (exact) mass is 417 g/mol. The topological polar surface area (TPSA) is 80.3 Å². The van der Waals surface area contributed by atoms with E-state index in [0.29, 0.717) is 12.1 Å². The van der Waals surface area contributed by atoms with Crippen LogP contribution in [0.1, 0.15) is 42.3 Å². The molecule has 0 atom stereocenters. The van der Waals surface area contributed by atoms with Crippen LogP contribution in [0.3, 0.4) is 0 Å². The van der Waals surface area contributed by atoms with Crippen molar-refractivity contribution in [2.75, 3.05) is 0 Å². The number of rotatable bonds is 6. The fourth-order valence-electron chi connectivity index (χ4n) is 3.12. The second kappa shape index (κ2) is 9.89. The highest BCUT2D eigenvalue weighted by atomic mass is 16.6. The molecule has 0 saturated heterocycles. The molecule has 0 fully saturated rings. The molecule has 0 aliphatic heterocycles. The van der Waals surface area contributed by atoms with Crippen molar-refractivity contribution in [1.82, 2.24) is 15.6 Å². The van der Waals surface area contributed by atoms with Gasteiger partial charge in [-0.25, -0.2) is 4.79 Å². The SMILES string of the molecule is CC(C)(C)OC(=O)NCc1ccccc1-c1ccccc1C(=O)NCc1cccnc1. The average Bonchev–Trinajstić information content (AvgIpc) is 2.76. The van der Waals surface area contributed by atoms with Crippen LogP contribution < -0.4 is 10.6 Å². The highest BCUT2D eigenvalue weighted by Crippen LogP contribution is 2.27. The first-order valence-electron chi connectivity index (χ1n) is 10.1. The number of benzene rings is 2. The Kier molecular flexibility index (Phi) is 7.03. The third-order valence-corrected chi connectivity index (χ3v) is 4.48. The van der Waals surface area contributed by atoms with Crippen LogP contribution in [0.5, 0.6) is 0 Å². The molecule has 6 heteroatoms. The summed E-state index contributed by atoms with van der Waals surface area (Å²) in [4.78, 5) is 29.1. The van der Waals surface area contributed by atoms with Crippen molar-refractivity contribution in [3.8, 4) is 11.1 Å². The molecule has 0 radical (unpaired) electrons. The molecule has 3 aromatic rings. The van der Waals surface area contributed by atoms with Crippen molar-refractivity contribution in [2.45, 2.75) is 39.5 Å². The second-order valence-corrected chi connectivity index (χ2v) is 8.10. The van der Waals surface area contributed by atoms with Crippen LogP contribution in [0.2, 0.25) is 0 Å². The lowest BCUT2D eigenvalue weighted by molar-refractivity contribution is 0.0523. The largest absolute Gasteiger partial charge is 0.444 e. The molecule has 0 saturated carbocycles. The van der Waals surface area contributed by atoms with Crippen LogP contribution in [0.25, 0.3) is 11.1 Å². The molecule has 0 aliphatic carbocycles. The molecule has 1 aromatic heterocycles. The first-order valence-corrected chi connectivity index (χ1v) is 10.1. The van der Waals surface area contributed by atoms with E-state index >= 15 is 0 Å². The van der Waals surface area contributed by atoms with E-state index in [1.165, 1.54) is 0 Å². The Morgan fingerprint density at radius 3 is 2.29 bits per heavy atom. The second-order valence-electron chi connectivity index (χ2n) is 8.10. The smallest absolute Gasteiger partial charge is 0.407 e. The van der Waals surface area contributed by atoms with Crippen molar-refractivity contribution >= 4 is 12.0 Å². The third kappa shape index (κ3) is 6.40. The molecule has 31 heavy (non-hydrogen) atoms. The van der Waals surface area contributed by atoms with Gasteiger partial charge in [-0.3, -0.25) is 9.78 Å². The van der Waals surface area contributed by atoms with Gasteiger partial charge in [0.2, 0.25) is 0 Å². The summed E-state index contributed by atoms with van der Waals surface area (Å²) in [5.74, 6) is -0.172. The van der Waals surface area contributed by atoms with E-state index in [4.69, 9.17) is 4.74 Å². The first-order chi connectivity index (χ1) is 14.8. The number of aromatic nitrogens is 1. The van der Waals surface area contributed by atoms with Gasteiger partial charge in [0, 0.05) is 31.0 Å². The summed E-state index contributed by atoms with van der Waals surface area (Å²) in [7, 11) is 0. The lowest BCUT2D eigenvalue weighted by Gasteiger charge is -2.20. The van der Waals surface area contributed by atoms with Crippen molar-refractivity contribution in [3.63, 3.8) is 0 Å². The Morgan fingerprint density at radius 2 is 1.58 bits per heavy atom. The molecule has 2 aromatic carbocycles. The molecule has 2 N–H and O–H groups in total. The molecule has 0 aliphatic rings. The molecule has 3 rings (SSSR count). The van der Waals surface area contributed by atoms with Gasteiger partial charge in [-0.2, -0.15) is 0 Å². The number of alkyl carbamates (subject to hydrolysis) is 1. The van der Waals surface area contributed by atoms with Crippen LogP contribution in [-0.2, 0) is 17.8 Å². The number of hydrogen-bond acceptors (Lipinski definition) is 4. The standard InChI is InChI=1S/C25H27N3O3/c1-25(2,3)31-24(30)28-17-19-10-4-5-11-20(19)21-12-6-7-13-22(21)23(29)27-16-18-9-8-14-26-15-18/h4-15H,16-17H2,1-3H3,(H,27,29)(H,28,30). The molecule has 160 valence electrons. The zero-order chi connectivity index (χ0) is 22.3. The summed E-state index contributed by atoms with van der Waals surface area (Å²) in [5.41, 5.74) is 3.49. The van der Waals surface area contributed by atoms with Gasteiger partial charge in [-0.15, -0.1) is 0 Å². The van der Waals surface area contributed by atoms with Crippen LogP contribution >= 0.6 is 0 Å². The van der Waals surface area contributed by atoms with E-state index in [0.717, 1.165) is 22.3 Å². The third-order valence-electron chi connectivity index (χ3n) is 4.48. The summed E-state index contributed by atoms with van der Waals surface area (Å²) < 4.78 is 5.32. The molecular weight excluding hydrogens is 390 g/mol. The highest BCUT2D eigenvalue weighted by Gasteiger charge is 2.18. The Labute approximate surface area is 182 Å². The first kappa shape index (κ1) is 22.0. The molecule has 6 nitrogen and oxygen atoms in total. The number of amides is 2. The molecule has 0 bridgehead atoms. The van der Waals surface area contributed by atoms with Crippen LogP contribution in [0.4, 0.5) is 4.79 Å². The maximum Gasteiger partial charge on any atom is 0.407 e.